The molecule has 0 saturated heterocycles. The highest BCUT2D eigenvalue weighted by atomic mass is 16.1. The molecule has 2 N–H and O–H groups in total. The van der Waals surface area contributed by atoms with Crippen LogP contribution in [0.2, 0.25) is 0 Å². The van der Waals surface area contributed by atoms with Gasteiger partial charge in [0.1, 0.15) is 0 Å². The van der Waals surface area contributed by atoms with Crippen molar-refractivity contribution in [2.24, 2.45) is 5.92 Å². The highest BCUT2D eigenvalue weighted by Crippen LogP contribution is 2.28. The van der Waals surface area contributed by atoms with Crippen molar-refractivity contribution in [3.63, 3.8) is 0 Å². The van der Waals surface area contributed by atoms with Gasteiger partial charge in [-0.2, -0.15) is 0 Å². The minimum atomic E-state index is 0.0202. The molecule has 1 saturated carbocycles. The second kappa shape index (κ2) is 5.16. The second-order valence-electron chi connectivity index (χ2n) is 5.80. The first kappa shape index (κ1) is 13.0. The number of carbonyl (C=O) groups excluding carboxylic acids is 1. The molecule has 3 rings (SSSR count). The number of hydrogen-bond donors (Lipinski definition) is 2. The smallest absolute Gasteiger partial charge is 0.253 e. The van der Waals surface area contributed by atoms with E-state index in [1.54, 1.807) is 6.20 Å². The predicted molar refractivity (Wildman–Crippen MR) is 81.7 cm³/mol. The first-order valence-corrected chi connectivity index (χ1v) is 7.19. The third-order valence-electron chi connectivity index (χ3n) is 4.26. The largest absolute Gasteiger partial charge is 0.360 e. The Morgan fingerprint density at radius 2 is 2.20 bits per heavy atom. The van der Waals surface area contributed by atoms with Gasteiger partial charge in [0.25, 0.3) is 5.91 Å². The minimum absolute atomic E-state index is 0.0202. The summed E-state index contributed by atoms with van der Waals surface area (Å²) >= 11 is 0. The highest BCUT2D eigenvalue weighted by Gasteiger charge is 2.25. The van der Waals surface area contributed by atoms with Crippen molar-refractivity contribution >= 4 is 16.8 Å². The van der Waals surface area contributed by atoms with Crippen LogP contribution in [0.4, 0.5) is 0 Å². The Bertz CT molecular complexity index is 656. The third-order valence-corrected chi connectivity index (χ3v) is 4.26. The number of nitrogens with one attached hydrogen (secondary N) is 2. The van der Waals surface area contributed by atoms with E-state index in [9.17, 15) is 4.79 Å². The topological polar surface area (TPSA) is 44.9 Å². The maximum absolute atomic E-state index is 12.5. The number of fused-ring (bicyclic) bond motifs is 1. The van der Waals surface area contributed by atoms with Crippen LogP contribution in [-0.2, 0) is 0 Å². The van der Waals surface area contributed by atoms with Crippen LogP contribution in [0.25, 0.3) is 10.9 Å². The molecule has 0 spiro atoms. The normalized spacial score (nSPS) is 22.9. The zero-order valence-electron chi connectivity index (χ0n) is 11.8. The van der Waals surface area contributed by atoms with E-state index in [0.717, 1.165) is 35.7 Å². The van der Waals surface area contributed by atoms with Crippen molar-refractivity contribution in [1.29, 1.82) is 0 Å². The molecule has 1 fully saturated rings. The van der Waals surface area contributed by atoms with E-state index in [2.05, 4.69) is 23.8 Å². The fraction of sp³-hybridized carbons (Fsp3) is 0.353. The first-order chi connectivity index (χ1) is 9.65. The maximum atomic E-state index is 12.5. The highest BCUT2D eigenvalue weighted by molar-refractivity contribution is 6.06. The summed E-state index contributed by atoms with van der Waals surface area (Å²) in [6, 6.07) is 8.14. The molecule has 104 valence electrons. The standard InChI is InChI=1S/C17H20N2O/c1-11-7-8-15(12(2)9-11)19-17(20)14-10-18-16-6-4-3-5-13(14)16/h3-6,10,12,15,18H,1,7-9H2,2H3,(H,19,20). The molecule has 2 unspecified atom stereocenters. The molecule has 1 heterocycles. The summed E-state index contributed by atoms with van der Waals surface area (Å²) in [5, 5.41) is 4.17. The number of aromatic nitrogens is 1. The monoisotopic (exact) mass is 268 g/mol. The Morgan fingerprint density at radius 1 is 1.40 bits per heavy atom. The fourth-order valence-corrected chi connectivity index (χ4v) is 3.06. The van der Waals surface area contributed by atoms with E-state index >= 15 is 0 Å². The lowest BCUT2D eigenvalue weighted by Crippen LogP contribution is -2.41. The lowest BCUT2D eigenvalue weighted by Gasteiger charge is -2.30. The quantitative estimate of drug-likeness (QED) is 0.802. The Hall–Kier alpha value is -2.03. The predicted octanol–water partition coefficient (Wildman–Crippen LogP) is 3.64. The number of carbonyl (C=O) groups is 1. The summed E-state index contributed by atoms with van der Waals surface area (Å²) in [6.07, 6.45) is 4.82. The van der Waals surface area contributed by atoms with E-state index in [1.807, 2.05) is 24.3 Å². The molecule has 2 atom stereocenters. The van der Waals surface area contributed by atoms with E-state index in [-0.39, 0.29) is 11.9 Å². The van der Waals surface area contributed by atoms with Crippen LogP contribution in [0.1, 0.15) is 36.5 Å². The van der Waals surface area contributed by atoms with Crippen LogP contribution in [0.3, 0.4) is 0 Å². The van der Waals surface area contributed by atoms with Crippen molar-refractivity contribution in [2.45, 2.75) is 32.2 Å². The summed E-state index contributed by atoms with van der Waals surface area (Å²) in [7, 11) is 0. The van der Waals surface area contributed by atoms with Crippen molar-refractivity contribution in [1.82, 2.24) is 10.3 Å². The van der Waals surface area contributed by atoms with Gasteiger partial charge in [-0.1, -0.05) is 37.3 Å². The molecule has 2 aromatic rings. The van der Waals surface area contributed by atoms with E-state index in [0.29, 0.717) is 5.92 Å². The Balaban J connectivity index is 1.78. The van der Waals surface area contributed by atoms with Crippen LogP contribution >= 0.6 is 0 Å². The van der Waals surface area contributed by atoms with Crippen LogP contribution in [0, 0.1) is 5.92 Å². The Morgan fingerprint density at radius 3 is 3.00 bits per heavy atom. The van der Waals surface area contributed by atoms with Gasteiger partial charge in [-0.3, -0.25) is 4.79 Å². The molecule has 20 heavy (non-hydrogen) atoms. The van der Waals surface area contributed by atoms with E-state index < -0.39 is 0 Å². The maximum Gasteiger partial charge on any atom is 0.253 e. The average Bonchev–Trinajstić information content (AvgIpc) is 2.86. The van der Waals surface area contributed by atoms with Crippen molar-refractivity contribution in [3.8, 4) is 0 Å². The summed E-state index contributed by atoms with van der Waals surface area (Å²) in [5.74, 6) is 0.484. The number of aromatic amines is 1. The molecule has 1 amide bonds. The number of amides is 1. The van der Waals surface area contributed by atoms with E-state index in [1.165, 1.54) is 5.57 Å². The first-order valence-electron chi connectivity index (χ1n) is 7.19. The van der Waals surface area contributed by atoms with Gasteiger partial charge in [0.05, 0.1) is 5.56 Å². The summed E-state index contributed by atoms with van der Waals surface area (Å²) < 4.78 is 0. The van der Waals surface area contributed by atoms with Crippen molar-refractivity contribution in [2.75, 3.05) is 0 Å². The third kappa shape index (κ3) is 2.36. The number of H-pyrrole nitrogens is 1. The lowest BCUT2D eigenvalue weighted by molar-refractivity contribution is 0.0918. The number of rotatable bonds is 2. The molecular weight excluding hydrogens is 248 g/mol. The number of hydrogen-bond acceptors (Lipinski definition) is 1. The molecule has 1 aromatic heterocycles. The van der Waals surface area contributed by atoms with Gasteiger partial charge < -0.3 is 10.3 Å². The van der Waals surface area contributed by atoms with Gasteiger partial charge in [-0.05, 0) is 31.2 Å². The average molecular weight is 268 g/mol. The molecule has 1 aliphatic carbocycles. The summed E-state index contributed by atoms with van der Waals surface area (Å²) in [5.41, 5.74) is 3.04. The molecule has 3 heteroatoms. The fourth-order valence-electron chi connectivity index (χ4n) is 3.06. The zero-order valence-corrected chi connectivity index (χ0v) is 11.8. The number of benzene rings is 1. The van der Waals surface area contributed by atoms with Gasteiger partial charge in [0.15, 0.2) is 0 Å². The zero-order chi connectivity index (χ0) is 14.1. The van der Waals surface area contributed by atoms with Crippen LogP contribution in [0.15, 0.2) is 42.6 Å². The summed E-state index contributed by atoms with van der Waals surface area (Å²) in [4.78, 5) is 15.6. The second-order valence-corrected chi connectivity index (χ2v) is 5.80. The van der Waals surface area contributed by atoms with Gasteiger partial charge in [0.2, 0.25) is 0 Å². The van der Waals surface area contributed by atoms with Crippen LogP contribution in [0.5, 0.6) is 0 Å². The Kier molecular flexibility index (Phi) is 3.35. The molecule has 0 radical (unpaired) electrons. The lowest BCUT2D eigenvalue weighted by atomic mass is 9.83. The number of para-hydroxylation sites is 1. The Labute approximate surface area is 119 Å². The summed E-state index contributed by atoms with van der Waals surface area (Å²) in [6.45, 7) is 6.24. The van der Waals surface area contributed by atoms with E-state index in [4.69, 9.17) is 0 Å². The van der Waals surface area contributed by atoms with Crippen LogP contribution < -0.4 is 5.32 Å². The van der Waals surface area contributed by atoms with Gasteiger partial charge in [-0.25, -0.2) is 0 Å². The molecular formula is C17H20N2O. The molecule has 0 bridgehead atoms. The van der Waals surface area contributed by atoms with Gasteiger partial charge >= 0.3 is 0 Å². The molecule has 1 aliphatic rings. The van der Waals surface area contributed by atoms with Crippen molar-refractivity contribution in [3.05, 3.63) is 48.2 Å². The van der Waals surface area contributed by atoms with Gasteiger partial charge in [0, 0.05) is 23.1 Å². The SMILES string of the molecule is C=C1CCC(NC(=O)c2c[nH]c3ccccc23)C(C)C1. The van der Waals surface area contributed by atoms with Gasteiger partial charge in [-0.15, -0.1) is 0 Å². The molecule has 3 nitrogen and oxygen atoms in total. The van der Waals surface area contributed by atoms with Crippen LogP contribution in [-0.4, -0.2) is 16.9 Å². The molecule has 1 aromatic carbocycles. The number of allylic oxidation sites excluding steroid dienone is 1. The molecule has 0 aliphatic heterocycles. The minimum Gasteiger partial charge on any atom is -0.360 e. The van der Waals surface area contributed by atoms with Crippen molar-refractivity contribution < 1.29 is 4.79 Å².